The zero-order valence-corrected chi connectivity index (χ0v) is 12.8. The summed E-state index contributed by atoms with van der Waals surface area (Å²) in [5.41, 5.74) is 2.18. The first kappa shape index (κ1) is 16.1. The highest BCUT2D eigenvalue weighted by atomic mass is 16.1. The van der Waals surface area contributed by atoms with Gasteiger partial charge < -0.3 is 10.2 Å². The minimum Gasteiger partial charge on any atom is -0.355 e. The van der Waals surface area contributed by atoms with Crippen molar-refractivity contribution in [3.63, 3.8) is 0 Å². The fraction of sp³-hybridized carbons (Fsp3) is 0.167. The maximum Gasteiger partial charge on any atom is 0.253 e. The molecule has 5 nitrogen and oxygen atoms in total. The molecule has 0 aliphatic carbocycles. The van der Waals surface area contributed by atoms with Crippen LogP contribution in [0.25, 0.3) is 0 Å². The monoisotopic (exact) mass is 304 g/mol. The number of anilines is 1. The zero-order valence-electron chi connectivity index (χ0n) is 12.8. The third kappa shape index (κ3) is 4.33. The number of nitriles is 1. The van der Waals surface area contributed by atoms with Gasteiger partial charge in [0.15, 0.2) is 0 Å². The Morgan fingerprint density at radius 2 is 2.04 bits per heavy atom. The van der Waals surface area contributed by atoms with Crippen LogP contribution in [0, 0.1) is 23.7 Å². The Morgan fingerprint density at radius 3 is 2.61 bits per heavy atom. The van der Waals surface area contributed by atoms with Gasteiger partial charge in [-0.3, -0.25) is 4.79 Å². The molecule has 1 amide bonds. The lowest BCUT2D eigenvalue weighted by Gasteiger charge is -2.18. The van der Waals surface area contributed by atoms with Crippen molar-refractivity contribution in [3.05, 3.63) is 59.3 Å². The molecule has 1 heterocycles. The third-order valence-electron chi connectivity index (χ3n) is 3.25. The predicted molar refractivity (Wildman–Crippen MR) is 88.7 cm³/mol. The second-order valence-electron chi connectivity index (χ2n) is 4.96. The Hall–Kier alpha value is -3.31. The van der Waals surface area contributed by atoms with Crippen LogP contribution in [0.1, 0.15) is 21.5 Å². The van der Waals surface area contributed by atoms with Gasteiger partial charge in [0.25, 0.3) is 5.91 Å². The van der Waals surface area contributed by atoms with Gasteiger partial charge in [-0.05, 0) is 29.8 Å². The minimum atomic E-state index is -0.239. The third-order valence-corrected chi connectivity index (χ3v) is 3.25. The summed E-state index contributed by atoms with van der Waals surface area (Å²) in [6.45, 7) is 0.848. The van der Waals surface area contributed by atoms with Crippen LogP contribution in [-0.4, -0.2) is 24.5 Å². The van der Waals surface area contributed by atoms with Crippen LogP contribution in [0.3, 0.4) is 0 Å². The number of rotatable bonds is 5. The molecule has 0 radical (unpaired) electrons. The SMILES string of the molecule is C#CCNC(=O)c1ccc(N(C)Cc2ccc(C#N)cc2)nc1. The van der Waals surface area contributed by atoms with Gasteiger partial charge in [-0.1, -0.05) is 18.1 Å². The number of aromatic nitrogens is 1. The fourth-order valence-corrected chi connectivity index (χ4v) is 2.02. The first-order valence-corrected chi connectivity index (χ1v) is 7.02. The summed E-state index contributed by atoms with van der Waals surface area (Å²) in [7, 11) is 1.92. The highest BCUT2D eigenvalue weighted by molar-refractivity contribution is 5.94. The summed E-state index contributed by atoms with van der Waals surface area (Å²) in [4.78, 5) is 18.0. The molecule has 0 aliphatic heterocycles. The Bertz CT molecular complexity index is 752. The highest BCUT2D eigenvalue weighted by Gasteiger charge is 2.08. The molecule has 1 aromatic carbocycles. The van der Waals surface area contributed by atoms with E-state index in [4.69, 9.17) is 11.7 Å². The number of nitrogens with zero attached hydrogens (tertiary/aromatic N) is 3. The Kier molecular flexibility index (Phi) is 5.33. The molecule has 0 atom stereocenters. The molecule has 0 fully saturated rings. The van der Waals surface area contributed by atoms with Crippen molar-refractivity contribution in [2.75, 3.05) is 18.5 Å². The van der Waals surface area contributed by atoms with E-state index in [2.05, 4.69) is 22.3 Å². The quantitative estimate of drug-likeness (QED) is 0.857. The van der Waals surface area contributed by atoms with Crippen molar-refractivity contribution in [1.82, 2.24) is 10.3 Å². The van der Waals surface area contributed by atoms with E-state index in [-0.39, 0.29) is 12.5 Å². The molecule has 0 spiro atoms. The summed E-state index contributed by atoms with van der Waals surface area (Å²) in [6.07, 6.45) is 6.63. The molecule has 1 aromatic heterocycles. The number of nitrogens with one attached hydrogen (secondary N) is 1. The normalized spacial score (nSPS) is 9.52. The van der Waals surface area contributed by atoms with Crippen LogP contribution in [0.15, 0.2) is 42.6 Å². The Balaban J connectivity index is 2.02. The van der Waals surface area contributed by atoms with Crippen LogP contribution >= 0.6 is 0 Å². The maximum atomic E-state index is 11.7. The first-order valence-electron chi connectivity index (χ1n) is 7.02. The molecule has 0 aliphatic rings. The second-order valence-corrected chi connectivity index (χ2v) is 4.96. The number of carbonyl (C=O) groups excluding carboxylic acids is 1. The van der Waals surface area contributed by atoms with Gasteiger partial charge in [0.2, 0.25) is 0 Å². The summed E-state index contributed by atoms with van der Waals surface area (Å²) >= 11 is 0. The number of benzene rings is 1. The summed E-state index contributed by atoms with van der Waals surface area (Å²) < 4.78 is 0. The molecule has 114 valence electrons. The Labute approximate surface area is 135 Å². The van der Waals surface area contributed by atoms with E-state index in [1.807, 2.05) is 24.1 Å². The van der Waals surface area contributed by atoms with Gasteiger partial charge in [0.1, 0.15) is 5.82 Å². The van der Waals surface area contributed by atoms with Crippen molar-refractivity contribution in [2.45, 2.75) is 6.54 Å². The topological polar surface area (TPSA) is 69.0 Å². The van der Waals surface area contributed by atoms with Gasteiger partial charge >= 0.3 is 0 Å². The average molecular weight is 304 g/mol. The molecule has 1 N–H and O–H groups in total. The van der Waals surface area contributed by atoms with Gasteiger partial charge in [0, 0.05) is 19.8 Å². The first-order chi connectivity index (χ1) is 11.1. The molecule has 0 saturated heterocycles. The molecular formula is C18H16N4O. The minimum absolute atomic E-state index is 0.194. The van der Waals surface area contributed by atoms with Gasteiger partial charge in [0.05, 0.1) is 23.7 Å². The van der Waals surface area contributed by atoms with Gasteiger partial charge in [-0.2, -0.15) is 5.26 Å². The molecular weight excluding hydrogens is 288 g/mol. The number of hydrogen-bond donors (Lipinski definition) is 1. The standard InChI is InChI=1S/C18H16N4O/c1-3-10-20-18(23)16-8-9-17(21-12-16)22(2)13-15-6-4-14(11-19)5-7-15/h1,4-9,12H,10,13H2,2H3,(H,20,23). The summed E-state index contributed by atoms with van der Waals surface area (Å²) in [5.74, 6) is 2.87. The average Bonchev–Trinajstić information content (AvgIpc) is 2.60. The van der Waals surface area contributed by atoms with E-state index < -0.39 is 0 Å². The number of terminal acetylenes is 1. The van der Waals surface area contributed by atoms with E-state index in [9.17, 15) is 4.79 Å². The lowest BCUT2D eigenvalue weighted by Crippen LogP contribution is -2.24. The van der Waals surface area contributed by atoms with Crippen LogP contribution in [-0.2, 0) is 6.54 Å². The molecule has 0 bridgehead atoms. The number of amides is 1. The molecule has 0 unspecified atom stereocenters. The van der Waals surface area contributed by atoms with E-state index in [0.717, 1.165) is 11.4 Å². The van der Waals surface area contributed by atoms with E-state index >= 15 is 0 Å². The van der Waals surface area contributed by atoms with Crippen molar-refractivity contribution in [3.8, 4) is 18.4 Å². The lowest BCUT2D eigenvalue weighted by molar-refractivity contribution is 0.0958. The molecule has 2 aromatic rings. The summed E-state index contributed by atoms with van der Waals surface area (Å²) in [6, 6.07) is 13.0. The smallest absolute Gasteiger partial charge is 0.253 e. The summed E-state index contributed by atoms with van der Waals surface area (Å²) in [5, 5.41) is 11.4. The number of pyridine rings is 1. The Morgan fingerprint density at radius 1 is 1.30 bits per heavy atom. The second kappa shape index (κ2) is 7.63. The van der Waals surface area contributed by atoms with E-state index in [1.54, 1.807) is 24.3 Å². The van der Waals surface area contributed by atoms with E-state index in [1.165, 1.54) is 6.20 Å². The molecule has 2 rings (SSSR count). The van der Waals surface area contributed by atoms with Crippen molar-refractivity contribution in [2.24, 2.45) is 0 Å². The van der Waals surface area contributed by atoms with Crippen LogP contribution in [0.2, 0.25) is 0 Å². The van der Waals surface area contributed by atoms with Crippen molar-refractivity contribution >= 4 is 11.7 Å². The number of carbonyl (C=O) groups is 1. The lowest BCUT2D eigenvalue weighted by atomic mass is 10.1. The molecule has 23 heavy (non-hydrogen) atoms. The van der Waals surface area contributed by atoms with Gasteiger partial charge in [-0.25, -0.2) is 4.98 Å². The molecule has 5 heteroatoms. The van der Waals surface area contributed by atoms with Gasteiger partial charge in [-0.15, -0.1) is 6.42 Å². The maximum absolute atomic E-state index is 11.7. The fourth-order valence-electron chi connectivity index (χ4n) is 2.02. The highest BCUT2D eigenvalue weighted by Crippen LogP contribution is 2.14. The van der Waals surface area contributed by atoms with Crippen LogP contribution in [0.4, 0.5) is 5.82 Å². The zero-order chi connectivity index (χ0) is 16.7. The van der Waals surface area contributed by atoms with E-state index in [0.29, 0.717) is 17.7 Å². The van der Waals surface area contributed by atoms with Crippen LogP contribution in [0.5, 0.6) is 0 Å². The van der Waals surface area contributed by atoms with Crippen LogP contribution < -0.4 is 10.2 Å². The largest absolute Gasteiger partial charge is 0.355 e. The number of hydrogen-bond acceptors (Lipinski definition) is 4. The molecule has 0 saturated carbocycles. The van der Waals surface area contributed by atoms with Crippen molar-refractivity contribution in [1.29, 1.82) is 5.26 Å². The predicted octanol–water partition coefficient (Wildman–Crippen LogP) is 1.95. The van der Waals surface area contributed by atoms with Crippen molar-refractivity contribution < 1.29 is 4.79 Å².